The second kappa shape index (κ2) is 4.45. The van der Waals surface area contributed by atoms with Crippen LogP contribution in [0, 0.1) is 13.8 Å². The fraction of sp³-hybridized carbons (Fsp3) is 0.250. The SMILES string of the molecule is Cc1ccc2nc(SCc3nc(C)no3)[nH]c2c1. The Kier molecular flexibility index (Phi) is 2.79. The highest BCUT2D eigenvalue weighted by atomic mass is 32.2. The van der Waals surface area contributed by atoms with Crippen LogP contribution in [0.3, 0.4) is 0 Å². The van der Waals surface area contributed by atoms with Gasteiger partial charge in [-0.2, -0.15) is 4.98 Å². The molecule has 1 aromatic carbocycles. The van der Waals surface area contributed by atoms with Gasteiger partial charge in [0.2, 0.25) is 5.89 Å². The molecule has 5 nitrogen and oxygen atoms in total. The molecule has 0 aliphatic heterocycles. The van der Waals surface area contributed by atoms with E-state index in [2.05, 4.69) is 39.2 Å². The number of rotatable bonds is 3. The maximum Gasteiger partial charge on any atom is 0.237 e. The number of hydrogen-bond acceptors (Lipinski definition) is 5. The summed E-state index contributed by atoms with van der Waals surface area (Å²) in [6.07, 6.45) is 0. The third kappa shape index (κ3) is 2.24. The number of thioether (sulfide) groups is 1. The predicted molar refractivity (Wildman–Crippen MR) is 69.4 cm³/mol. The predicted octanol–water partition coefficient (Wildman–Crippen LogP) is 2.86. The van der Waals surface area contributed by atoms with Gasteiger partial charge in [-0.05, 0) is 31.5 Å². The van der Waals surface area contributed by atoms with E-state index in [1.165, 1.54) is 5.56 Å². The third-order valence-corrected chi connectivity index (χ3v) is 3.38. The lowest BCUT2D eigenvalue weighted by atomic mass is 10.2. The van der Waals surface area contributed by atoms with Crippen molar-refractivity contribution in [3.63, 3.8) is 0 Å². The van der Waals surface area contributed by atoms with Crippen molar-refractivity contribution in [3.05, 3.63) is 35.5 Å². The molecule has 0 aliphatic carbocycles. The molecule has 0 amide bonds. The normalized spacial score (nSPS) is 11.2. The van der Waals surface area contributed by atoms with Crippen molar-refractivity contribution < 1.29 is 4.52 Å². The summed E-state index contributed by atoms with van der Waals surface area (Å²) in [6, 6.07) is 6.16. The van der Waals surface area contributed by atoms with Crippen LogP contribution in [-0.2, 0) is 5.75 Å². The van der Waals surface area contributed by atoms with Crippen molar-refractivity contribution in [1.29, 1.82) is 0 Å². The second-order valence-corrected chi connectivity index (χ2v) is 5.05. The zero-order chi connectivity index (χ0) is 12.5. The minimum absolute atomic E-state index is 0.620. The largest absolute Gasteiger partial charge is 0.338 e. The standard InChI is InChI=1S/C12H12N4OS/c1-7-3-4-9-10(5-7)15-12(14-9)18-6-11-13-8(2)16-17-11/h3-5H,6H2,1-2H3,(H,14,15). The van der Waals surface area contributed by atoms with E-state index in [1.54, 1.807) is 11.8 Å². The van der Waals surface area contributed by atoms with Crippen LogP contribution in [0.15, 0.2) is 27.9 Å². The number of H-pyrrole nitrogens is 1. The fourth-order valence-electron chi connectivity index (χ4n) is 1.70. The highest BCUT2D eigenvalue weighted by molar-refractivity contribution is 7.98. The molecule has 0 fully saturated rings. The number of aryl methyl sites for hydroxylation is 2. The van der Waals surface area contributed by atoms with Crippen LogP contribution in [0.5, 0.6) is 0 Å². The Hall–Kier alpha value is -1.82. The molecule has 0 radical (unpaired) electrons. The number of nitrogens with zero attached hydrogens (tertiary/aromatic N) is 3. The first-order chi connectivity index (χ1) is 8.70. The Morgan fingerprint density at radius 2 is 2.17 bits per heavy atom. The first kappa shape index (κ1) is 11.3. The number of hydrogen-bond donors (Lipinski definition) is 1. The molecule has 0 saturated carbocycles. The van der Waals surface area contributed by atoms with Crippen molar-refractivity contribution in [3.8, 4) is 0 Å². The van der Waals surface area contributed by atoms with Crippen LogP contribution in [0.4, 0.5) is 0 Å². The number of nitrogens with one attached hydrogen (secondary N) is 1. The van der Waals surface area contributed by atoms with Gasteiger partial charge in [0.05, 0.1) is 16.8 Å². The number of imidazole rings is 1. The smallest absolute Gasteiger partial charge is 0.237 e. The van der Waals surface area contributed by atoms with Crippen molar-refractivity contribution in [2.45, 2.75) is 24.8 Å². The van der Waals surface area contributed by atoms with E-state index < -0.39 is 0 Å². The average molecular weight is 260 g/mol. The van der Waals surface area contributed by atoms with Crippen LogP contribution in [0.1, 0.15) is 17.3 Å². The molecule has 2 aromatic heterocycles. The van der Waals surface area contributed by atoms with E-state index in [0.717, 1.165) is 16.2 Å². The van der Waals surface area contributed by atoms with Gasteiger partial charge in [-0.15, -0.1) is 0 Å². The van der Waals surface area contributed by atoms with Gasteiger partial charge in [-0.25, -0.2) is 4.98 Å². The summed E-state index contributed by atoms with van der Waals surface area (Å²) in [4.78, 5) is 11.9. The van der Waals surface area contributed by atoms with Gasteiger partial charge in [0.15, 0.2) is 11.0 Å². The van der Waals surface area contributed by atoms with Gasteiger partial charge >= 0.3 is 0 Å². The molecule has 0 atom stereocenters. The van der Waals surface area contributed by atoms with Crippen molar-refractivity contribution in [2.24, 2.45) is 0 Å². The van der Waals surface area contributed by atoms with Crippen molar-refractivity contribution in [1.82, 2.24) is 20.1 Å². The maximum absolute atomic E-state index is 5.06. The summed E-state index contributed by atoms with van der Waals surface area (Å²) in [6.45, 7) is 3.87. The fourth-order valence-corrected chi connectivity index (χ4v) is 2.42. The van der Waals surface area contributed by atoms with Crippen molar-refractivity contribution >= 4 is 22.8 Å². The van der Waals surface area contributed by atoms with Crippen LogP contribution in [0.2, 0.25) is 0 Å². The Balaban J connectivity index is 1.78. The van der Waals surface area contributed by atoms with Gasteiger partial charge < -0.3 is 9.51 Å². The van der Waals surface area contributed by atoms with Crippen molar-refractivity contribution in [2.75, 3.05) is 0 Å². The summed E-state index contributed by atoms with van der Waals surface area (Å²) in [5.41, 5.74) is 3.25. The molecule has 0 spiro atoms. The van der Waals surface area contributed by atoms with Crippen LogP contribution < -0.4 is 0 Å². The van der Waals surface area contributed by atoms with Crippen LogP contribution in [0.25, 0.3) is 11.0 Å². The molecule has 3 aromatic rings. The molecule has 0 unspecified atom stereocenters. The molecular formula is C12H12N4OS. The first-order valence-corrected chi connectivity index (χ1v) is 6.57. The topological polar surface area (TPSA) is 67.6 Å². The second-order valence-electron chi connectivity index (χ2n) is 4.09. The Morgan fingerprint density at radius 1 is 1.28 bits per heavy atom. The zero-order valence-electron chi connectivity index (χ0n) is 10.1. The number of aromatic amines is 1. The van der Waals surface area contributed by atoms with Gasteiger partial charge in [0, 0.05) is 0 Å². The Morgan fingerprint density at radius 3 is 2.94 bits per heavy atom. The summed E-state index contributed by atoms with van der Waals surface area (Å²) in [5.74, 6) is 1.90. The quantitative estimate of drug-likeness (QED) is 0.733. The van der Waals surface area contributed by atoms with Gasteiger partial charge in [-0.3, -0.25) is 0 Å². The first-order valence-electron chi connectivity index (χ1n) is 5.59. The number of benzene rings is 1. The van der Waals surface area contributed by atoms with Gasteiger partial charge in [0.1, 0.15) is 0 Å². The van der Waals surface area contributed by atoms with E-state index in [-0.39, 0.29) is 0 Å². The lowest BCUT2D eigenvalue weighted by Crippen LogP contribution is -1.82. The number of fused-ring (bicyclic) bond motifs is 1. The minimum atomic E-state index is 0.620. The summed E-state index contributed by atoms with van der Waals surface area (Å²) >= 11 is 1.56. The molecule has 92 valence electrons. The van der Waals surface area contributed by atoms with Gasteiger partial charge in [0.25, 0.3) is 0 Å². The van der Waals surface area contributed by atoms with E-state index in [0.29, 0.717) is 17.5 Å². The minimum Gasteiger partial charge on any atom is -0.338 e. The summed E-state index contributed by atoms with van der Waals surface area (Å²) < 4.78 is 5.06. The summed E-state index contributed by atoms with van der Waals surface area (Å²) in [5, 5.41) is 4.62. The molecule has 18 heavy (non-hydrogen) atoms. The van der Waals surface area contributed by atoms with E-state index >= 15 is 0 Å². The lowest BCUT2D eigenvalue weighted by Gasteiger charge is -1.91. The summed E-state index contributed by atoms with van der Waals surface area (Å²) in [7, 11) is 0. The van der Waals surface area contributed by atoms with E-state index in [1.807, 2.05) is 13.0 Å². The molecule has 6 heteroatoms. The average Bonchev–Trinajstić information content (AvgIpc) is 2.92. The lowest BCUT2D eigenvalue weighted by molar-refractivity contribution is 0.387. The third-order valence-electron chi connectivity index (χ3n) is 2.52. The maximum atomic E-state index is 5.06. The number of aromatic nitrogens is 4. The van der Waals surface area contributed by atoms with E-state index in [4.69, 9.17) is 4.52 Å². The molecule has 3 rings (SSSR count). The molecule has 0 saturated heterocycles. The molecular weight excluding hydrogens is 248 g/mol. The molecule has 0 aliphatic rings. The van der Waals surface area contributed by atoms with Crippen LogP contribution in [-0.4, -0.2) is 20.1 Å². The zero-order valence-corrected chi connectivity index (χ0v) is 10.9. The van der Waals surface area contributed by atoms with Gasteiger partial charge in [-0.1, -0.05) is 23.0 Å². The molecule has 2 heterocycles. The molecule has 0 bridgehead atoms. The highest BCUT2D eigenvalue weighted by Crippen LogP contribution is 2.22. The highest BCUT2D eigenvalue weighted by Gasteiger charge is 2.07. The Labute approximate surface area is 108 Å². The van der Waals surface area contributed by atoms with Crippen LogP contribution >= 0.6 is 11.8 Å². The monoisotopic (exact) mass is 260 g/mol. The van der Waals surface area contributed by atoms with E-state index in [9.17, 15) is 0 Å². The Bertz CT molecular complexity index is 688. The molecule has 1 N–H and O–H groups in total.